The van der Waals surface area contributed by atoms with Crippen LogP contribution in [0.15, 0.2) is 67.1 Å². The van der Waals surface area contributed by atoms with Crippen LogP contribution in [0.3, 0.4) is 0 Å². The zero-order chi connectivity index (χ0) is 23.8. The highest BCUT2D eigenvalue weighted by Crippen LogP contribution is 2.34. The quantitative estimate of drug-likeness (QED) is 0.296. The summed E-state index contributed by atoms with van der Waals surface area (Å²) >= 11 is 6.44. The van der Waals surface area contributed by atoms with Crippen LogP contribution >= 0.6 is 11.6 Å². The zero-order valence-corrected chi connectivity index (χ0v) is 18.8. The van der Waals surface area contributed by atoms with Gasteiger partial charge in [-0.2, -0.15) is 0 Å². The van der Waals surface area contributed by atoms with E-state index in [9.17, 15) is 4.79 Å². The van der Waals surface area contributed by atoms with Gasteiger partial charge in [-0.3, -0.25) is 9.78 Å². The Morgan fingerprint density at radius 2 is 1.91 bits per heavy atom. The Hall–Kier alpha value is -3.95. The van der Waals surface area contributed by atoms with Crippen molar-refractivity contribution in [2.75, 3.05) is 25.1 Å². The average molecular weight is 480 g/mol. The predicted molar refractivity (Wildman–Crippen MR) is 128 cm³/mol. The van der Waals surface area contributed by atoms with Gasteiger partial charge in [0.25, 0.3) is 0 Å². The number of amides is 1. The Labute approximate surface area is 200 Å². The number of nitrogens with one attached hydrogen (secondary N) is 2. The summed E-state index contributed by atoms with van der Waals surface area (Å²) in [6, 6.07) is 16.5. The largest absolute Gasteiger partial charge is 0.491 e. The molecule has 3 N–H and O–H groups in total. The smallest absolute Gasteiger partial charge is 0.245 e. The summed E-state index contributed by atoms with van der Waals surface area (Å²) < 4.78 is 11.6. The number of ether oxygens (including phenoxy) is 2. The Morgan fingerprint density at radius 1 is 1.00 bits per heavy atom. The van der Waals surface area contributed by atoms with Crippen LogP contribution in [0, 0.1) is 0 Å². The summed E-state index contributed by atoms with van der Waals surface area (Å²) in [4.78, 5) is 24.1. The molecule has 10 heteroatoms. The Balaban J connectivity index is 1.49. The summed E-state index contributed by atoms with van der Waals surface area (Å²) in [5.74, 6) is 1.18. The van der Waals surface area contributed by atoms with Gasteiger partial charge in [-0.25, -0.2) is 9.97 Å². The van der Waals surface area contributed by atoms with Crippen LogP contribution in [0.2, 0.25) is 5.02 Å². The molecule has 0 aliphatic heterocycles. The number of anilines is 2. The SMILES string of the molecule is O=C(CO)NCCOc1cccc2ncnc(Nc3ccc(OCc4ccccn4)c(Cl)c3)c12. The van der Waals surface area contributed by atoms with Crippen LogP contribution in [-0.4, -0.2) is 45.7 Å². The molecule has 4 aromatic rings. The molecular formula is C24H22ClN5O4. The van der Waals surface area contributed by atoms with Gasteiger partial charge in [-0.05, 0) is 42.5 Å². The van der Waals surface area contributed by atoms with Gasteiger partial charge in [0, 0.05) is 11.9 Å². The van der Waals surface area contributed by atoms with Gasteiger partial charge in [-0.15, -0.1) is 0 Å². The van der Waals surface area contributed by atoms with Crippen molar-refractivity contribution in [2.24, 2.45) is 0 Å². The van der Waals surface area contributed by atoms with Crippen LogP contribution in [0.25, 0.3) is 10.9 Å². The fourth-order valence-corrected chi connectivity index (χ4v) is 3.40. The van der Waals surface area contributed by atoms with E-state index in [4.69, 9.17) is 26.2 Å². The molecule has 0 bridgehead atoms. The molecule has 0 saturated heterocycles. The number of aliphatic hydroxyl groups is 1. The Bertz CT molecular complexity index is 1270. The van der Waals surface area contributed by atoms with Crippen molar-refractivity contribution in [3.8, 4) is 11.5 Å². The predicted octanol–water partition coefficient (Wildman–Crippen LogP) is 3.49. The van der Waals surface area contributed by atoms with Crippen molar-refractivity contribution in [3.05, 3.63) is 77.8 Å². The molecular weight excluding hydrogens is 458 g/mol. The van der Waals surface area contributed by atoms with Crippen LogP contribution < -0.4 is 20.1 Å². The highest BCUT2D eigenvalue weighted by Gasteiger charge is 2.12. The maximum absolute atomic E-state index is 11.2. The number of aliphatic hydroxyl groups excluding tert-OH is 1. The number of hydrogen-bond donors (Lipinski definition) is 3. The van der Waals surface area contributed by atoms with Crippen molar-refractivity contribution in [1.82, 2.24) is 20.3 Å². The Morgan fingerprint density at radius 3 is 2.71 bits per heavy atom. The maximum atomic E-state index is 11.2. The van der Waals surface area contributed by atoms with Crippen molar-refractivity contribution >= 4 is 39.9 Å². The molecule has 0 aliphatic rings. The van der Waals surface area contributed by atoms with E-state index < -0.39 is 12.5 Å². The highest BCUT2D eigenvalue weighted by atomic mass is 35.5. The van der Waals surface area contributed by atoms with E-state index >= 15 is 0 Å². The van der Waals surface area contributed by atoms with Crippen molar-refractivity contribution in [3.63, 3.8) is 0 Å². The second kappa shape index (κ2) is 11.3. The standard InChI is InChI=1S/C24H22ClN5O4/c25-18-12-16(7-8-20(18)34-14-17-4-1-2-9-26-17)30-24-23-19(28-15-29-24)5-3-6-21(23)33-11-10-27-22(32)13-31/h1-9,12,15,31H,10-11,13-14H2,(H,27,32)(H,28,29,30). The van der Waals surface area contributed by atoms with E-state index in [0.29, 0.717) is 45.5 Å². The molecule has 0 radical (unpaired) electrons. The third kappa shape index (κ3) is 5.89. The zero-order valence-electron chi connectivity index (χ0n) is 18.1. The lowest BCUT2D eigenvalue weighted by molar-refractivity contribution is -0.123. The molecule has 174 valence electrons. The first kappa shape index (κ1) is 23.2. The number of pyridine rings is 1. The van der Waals surface area contributed by atoms with Crippen molar-refractivity contribution in [1.29, 1.82) is 0 Å². The van der Waals surface area contributed by atoms with E-state index in [2.05, 4.69) is 25.6 Å². The first-order chi connectivity index (χ1) is 16.6. The third-order valence-corrected chi connectivity index (χ3v) is 5.04. The number of rotatable bonds is 10. The molecule has 2 aromatic heterocycles. The fourth-order valence-electron chi connectivity index (χ4n) is 3.17. The minimum absolute atomic E-state index is 0.216. The summed E-state index contributed by atoms with van der Waals surface area (Å²) in [6.07, 6.45) is 3.17. The van der Waals surface area contributed by atoms with Crippen LogP contribution in [0.4, 0.5) is 11.5 Å². The monoisotopic (exact) mass is 479 g/mol. The molecule has 0 spiro atoms. The van der Waals surface area contributed by atoms with E-state index in [1.165, 1.54) is 6.33 Å². The van der Waals surface area contributed by atoms with Crippen LogP contribution in [0.5, 0.6) is 11.5 Å². The molecule has 0 fully saturated rings. The van der Waals surface area contributed by atoms with Crippen LogP contribution in [-0.2, 0) is 11.4 Å². The normalized spacial score (nSPS) is 10.6. The Kier molecular flexibility index (Phi) is 7.69. The second-order valence-corrected chi connectivity index (χ2v) is 7.52. The lowest BCUT2D eigenvalue weighted by atomic mass is 10.2. The minimum Gasteiger partial charge on any atom is -0.491 e. The number of hydrogen-bond acceptors (Lipinski definition) is 8. The maximum Gasteiger partial charge on any atom is 0.245 e. The molecule has 0 saturated carbocycles. The van der Waals surface area contributed by atoms with E-state index in [0.717, 1.165) is 5.69 Å². The topological polar surface area (TPSA) is 118 Å². The molecule has 2 heterocycles. The third-order valence-electron chi connectivity index (χ3n) is 4.75. The number of halogens is 1. The summed E-state index contributed by atoms with van der Waals surface area (Å²) in [7, 11) is 0. The highest BCUT2D eigenvalue weighted by molar-refractivity contribution is 6.32. The molecule has 9 nitrogen and oxygen atoms in total. The van der Waals surface area contributed by atoms with E-state index in [-0.39, 0.29) is 13.2 Å². The fraction of sp³-hybridized carbons (Fsp3) is 0.167. The average Bonchev–Trinajstić information content (AvgIpc) is 2.86. The van der Waals surface area contributed by atoms with E-state index in [1.54, 1.807) is 24.4 Å². The molecule has 0 atom stereocenters. The second-order valence-electron chi connectivity index (χ2n) is 7.11. The van der Waals surface area contributed by atoms with Gasteiger partial charge < -0.3 is 25.2 Å². The van der Waals surface area contributed by atoms with Gasteiger partial charge in [0.2, 0.25) is 5.91 Å². The van der Waals surface area contributed by atoms with Crippen LogP contribution in [0.1, 0.15) is 5.69 Å². The van der Waals surface area contributed by atoms with Gasteiger partial charge in [0.05, 0.1) is 28.2 Å². The summed E-state index contributed by atoms with van der Waals surface area (Å²) in [5.41, 5.74) is 2.20. The first-order valence-corrected chi connectivity index (χ1v) is 10.8. The number of carbonyl (C=O) groups excluding carboxylic acids is 1. The van der Waals surface area contributed by atoms with Gasteiger partial charge in [0.15, 0.2) is 0 Å². The lowest BCUT2D eigenvalue weighted by Gasteiger charge is -2.14. The van der Waals surface area contributed by atoms with Crippen molar-refractivity contribution < 1.29 is 19.4 Å². The summed E-state index contributed by atoms with van der Waals surface area (Å²) in [6.45, 7) is 0.212. The molecule has 0 unspecified atom stereocenters. The number of benzene rings is 2. The molecule has 2 aromatic carbocycles. The molecule has 34 heavy (non-hydrogen) atoms. The molecule has 1 amide bonds. The number of fused-ring (bicyclic) bond motifs is 1. The minimum atomic E-state index is -0.564. The number of nitrogens with zero attached hydrogens (tertiary/aromatic N) is 3. The lowest BCUT2D eigenvalue weighted by Crippen LogP contribution is -2.30. The van der Waals surface area contributed by atoms with E-state index in [1.807, 2.05) is 36.4 Å². The summed E-state index contributed by atoms with van der Waals surface area (Å²) in [5, 5.41) is 15.7. The number of aromatic nitrogens is 3. The first-order valence-electron chi connectivity index (χ1n) is 10.5. The van der Waals surface area contributed by atoms with Gasteiger partial charge in [0.1, 0.15) is 43.5 Å². The number of carbonyl (C=O) groups is 1. The molecule has 0 aliphatic carbocycles. The van der Waals surface area contributed by atoms with Gasteiger partial charge in [-0.1, -0.05) is 23.7 Å². The molecule has 4 rings (SSSR count). The van der Waals surface area contributed by atoms with Crippen molar-refractivity contribution in [2.45, 2.75) is 6.61 Å². The van der Waals surface area contributed by atoms with Gasteiger partial charge >= 0.3 is 0 Å².